The molecule has 0 aliphatic heterocycles. The molecule has 33 heavy (non-hydrogen) atoms. The van der Waals surface area contributed by atoms with Crippen molar-refractivity contribution in [2.45, 2.75) is 27.2 Å². The summed E-state index contributed by atoms with van der Waals surface area (Å²) in [6.45, 7) is 5.41. The standard InChI is InChI=1S/C25H24O6S2/c1-3-31-24(26)19(2)23(20-13-7-4-8-14-20)25(32(27,28)21-15-9-5-10-16-21)33(29,30)22-17-11-6-12-18-22/h4-18,23,25H,2-3H2,1H3/t23-/m0/s1. The smallest absolute Gasteiger partial charge is 0.334 e. The first-order valence-corrected chi connectivity index (χ1v) is 13.3. The van der Waals surface area contributed by atoms with Gasteiger partial charge in [-0.3, -0.25) is 0 Å². The lowest BCUT2D eigenvalue weighted by Gasteiger charge is -2.28. The van der Waals surface area contributed by atoms with Gasteiger partial charge in [-0.25, -0.2) is 21.6 Å². The number of ether oxygens (including phenoxy) is 1. The van der Waals surface area contributed by atoms with Crippen molar-refractivity contribution in [1.82, 2.24) is 0 Å². The van der Waals surface area contributed by atoms with E-state index >= 15 is 0 Å². The third-order valence-corrected chi connectivity index (χ3v) is 10.2. The predicted molar refractivity (Wildman–Crippen MR) is 126 cm³/mol. The van der Waals surface area contributed by atoms with Gasteiger partial charge < -0.3 is 4.74 Å². The van der Waals surface area contributed by atoms with Gasteiger partial charge in [0.05, 0.1) is 16.4 Å². The second kappa shape index (κ2) is 10.1. The first-order valence-electron chi connectivity index (χ1n) is 10.2. The molecule has 1 atom stereocenters. The molecule has 0 aliphatic rings. The van der Waals surface area contributed by atoms with Crippen molar-refractivity contribution < 1.29 is 26.4 Å². The molecule has 3 rings (SSSR count). The van der Waals surface area contributed by atoms with Gasteiger partial charge in [0.1, 0.15) is 0 Å². The lowest BCUT2D eigenvalue weighted by Crippen LogP contribution is -2.38. The number of carbonyl (C=O) groups excluding carboxylic acids is 1. The molecule has 6 nitrogen and oxygen atoms in total. The van der Waals surface area contributed by atoms with Gasteiger partial charge in [-0.2, -0.15) is 0 Å². The molecule has 0 aliphatic carbocycles. The monoisotopic (exact) mass is 484 g/mol. The minimum absolute atomic E-state index is 0.0287. The minimum atomic E-state index is -4.50. The highest BCUT2D eigenvalue weighted by Crippen LogP contribution is 2.40. The fourth-order valence-corrected chi connectivity index (χ4v) is 8.52. The third kappa shape index (κ3) is 5.07. The summed E-state index contributed by atoms with van der Waals surface area (Å²) in [7, 11) is -9.01. The molecule has 0 fully saturated rings. The quantitative estimate of drug-likeness (QED) is 0.334. The molecule has 172 valence electrons. The van der Waals surface area contributed by atoms with Crippen LogP contribution in [0.1, 0.15) is 18.4 Å². The first kappa shape index (κ1) is 24.4. The molecular formula is C25H24O6S2. The third-order valence-electron chi connectivity index (χ3n) is 5.10. The van der Waals surface area contributed by atoms with Gasteiger partial charge in [0.25, 0.3) is 0 Å². The van der Waals surface area contributed by atoms with Crippen molar-refractivity contribution >= 4 is 25.6 Å². The van der Waals surface area contributed by atoms with Crippen LogP contribution in [0.2, 0.25) is 0 Å². The number of rotatable bonds is 9. The maximum Gasteiger partial charge on any atom is 0.334 e. The zero-order chi connectivity index (χ0) is 24.1. The lowest BCUT2D eigenvalue weighted by atomic mass is 9.93. The highest BCUT2D eigenvalue weighted by atomic mass is 32.3. The van der Waals surface area contributed by atoms with E-state index in [1.165, 1.54) is 48.5 Å². The van der Waals surface area contributed by atoms with Crippen LogP contribution in [0, 0.1) is 0 Å². The van der Waals surface area contributed by atoms with E-state index in [4.69, 9.17) is 4.74 Å². The topological polar surface area (TPSA) is 94.6 Å². The van der Waals surface area contributed by atoms with Gasteiger partial charge in [-0.1, -0.05) is 73.3 Å². The Morgan fingerprint density at radius 3 is 1.55 bits per heavy atom. The largest absolute Gasteiger partial charge is 0.463 e. The molecule has 0 spiro atoms. The molecule has 0 aromatic heterocycles. The van der Waals surface area contributed by atoms with Gasteiger partial charge in [0, 0.05) is 11.5 Å². The summed E-state index contributed by atoms with van der Waals surface area (Å²) >= 11 is 0. The van der Waals surface area contributed by atoms with E-state index < -0.39 is 36.1 Å². The minimum Gasteiger partial charge on any atom is -0.463 e. The normalized spacial score (nSPS) is 12.8. The van der Waals surface area contributed by atoms with Crippen molar-refractivity contribution in [3.8, 4) is 0 Å². The SMILES string of the molecule is C=C(C(=O)OCC)[C@@H](c1ccccc1)C(S(=O)(=O)c1ccccc1)S(=O)(=O)c1ccccc1. The maximum absolute atomic E-state index is 13.9. The number of benzene rings is 3. The second-order valence-electron chi connectivity index (χ2n) is 7.22. The van der Waals surface area contributed by atoms with Gasteiger partial charge in [0.2, 0.25) is 0 Å². The first-order chi connectivity index (χ1) is 15.7. The molecular weight excluding hydrogens is 460 g/mol. The van der Waals surface area contributed by atoms with Crippen molar-refractivity contribution in [2.24, 2.45) is 0 Å². The van der Waals surface area contributed by atoms with E-state index in [0.717, 1.165) is 0 Å². The average Bonchev–Trinajstić information content (AvgIpc) is 2.83. The van der Waals surface area contributed by atoms with E-state index in [1.54, 1.807) is 49.4 Å². The predicted octanol–water partition coefficient (Wildman–Crippen LogP) is 4.16. The van der Waals surface area contributed by atoms with Crippen LogP contribution in [-0.4, -0.2) is 34.0 Å². The number of esters is 1. The molecule has 0 amide bonds. The molecule has 3 aromatic carbocycles. The summed E-state index contributed by atoms with van der Waals surface area (Å²) in [5, 5.41) is 0. The lowest BCUT2D eigenvalue weighted by molar-refractivity contribution is -0.138. The Morgan fingerprint density at radius 2 is 1.15 bits per heavy atom. The van der Waals surface area contributed by atoms with E-state index in [0.29, 0.717) is 5.56 Å². The Bertz CT molecular complexity index is 1250. The van der Waals surface area contributed by atoms with Crippen LogP contribution >= 0.6 is 0 Å². The molecule has 0 radical (unpaired) electrons. The van der Waals surface area contributed by atoms with E-state index in [2.05, 4.69) is 6.58 Å². The highest BCUT2D eigenvalue weighted by molar-refractivity contribution is 8.09. The molecule has 8 heteroatoms. The van der Waals surface area contributed by atoms with Crippen LogP contribution < -0.4 is 0 Å². The van der Waals surface area contributed by atoms with Crippen LogP contribution in [-0.2, 0) is 29.2 Å². The highest BCUT2D eigenvalue weighted by Gasteiger charge is 2.48. The number of sulfone groups is 2. The van der Waals surface area contributed by atoms with Gasteiger partial charge in [-0.05, 0) is 36.8 Å². The average molecular weight is 485 g/mol. The molecule has 0 heterocycles. The summed E-state index contributed by atoms with van der Waals surface area (Å²) in [6, 6.07) is 22.8. The fourth-order valence-electron chi connectivity index (χ4n) is 3.55. The number of hydrogen-bond acceptors (Lipinski definition) is 6. The molecule has 0 unspecified atom stereocenters. The van der Waals surface area contributed by atoms with E-state index in [-0.39, 0.29) is 22.0 Å². The van der Waals surface area contributed by atoms with Crippen LogP contribution in [0.15, 0.2) is 113 Å². The Labute approximate surface area is 194 Å². The molecule has 0 N–H and O–H groups in total. The Morgan fingerprint density at radius 1 is 0.758 bits per heavy atom. The van der Waals surface area contributed by atoms with E-state index in [9.17, 15) is 21.6 Å². The van der Waals surface area contributed by atoms with Crippen LogP contribution in [0.25, 0.3) is 0 Å². The van der Waals surface area contributed by atoms with Crippen LogP contribution in [0.5, 0.6) is 0 Å². The summed E-state index contributed by atoms with van der Waals surface area (Å²) < 4.78 is 58.5. The summed E-state index contributed by atoms with van der Waals surface area (Å²) in [6.07, 6.45) is 0. The zero-order valence-corrected chi connectivity index (χ0v) is 19.6. The molecule has 3 aromatic rings. The van der Waals surface area contributed by atoms with Crippen LogP contribution in [0.4, 0.5) is 0 Å². The fraction of sp³-hybridized carbons (Fsp3) is 0.160. The Balaban J connectivity index is 2.34. The summed E-state index contributed by atoms with van der Waals surface area (Å²) in [5.74, 6) is -2.26. The zero-order valence-electron chi connectivity index (χ0n) is 18.0. The second-order valence-corrected chi connectivity index (χ2v) is 11.7. The Hall–Kier alpha value is -3.23. The number of hydrogen-bond donors (Lipinski definition) is 0. The molecule has 0 saturated carbocycles. The van der Waals surface area contributed by atoms with Gasteiger partial charge in [0.15, 0.2) is 24.3 Å². The van der Waals surface area contributed by atoms with Crippen LogP contribution in [0.3, 0.4) is 0 Å². The Kier molecular flexibility index (Phi) is 7.50. The van der Waals surface area contributed by atoms with Gasteiger partial charge in [-0.15, -0.1) is 0 Å². The van der Waals surface area contributed by atoms with Crippen molar-refractivity contribution in [1.29, 1.82) is 0 Å². The van der Waals surface area contributed by atoms with Crippen molar-refractivity contribution in [2.75, 3.05) is 6.61 Å². The molecule has 0 bridgehead atoms. The summed E-state index contributed by atoms with van der Waals surface area (Å²) in [5.41, 5.74) is 0.0617. The maximum atomic E-state index is 13.9. The van der Waals surface area contributed by atoms with Crippen molar-refractivity contribution in [3.63, 3.8) is 0 Å². The van der Waals surface area contributed by atoms with Crippen molar-refractivity contribution in [3.05, 3.63) is 109 Å². The summed E-state index contributed by atoms with van der Waals surface area (Å²) in [4.78, 5) is 12.3. The molecule has 0 saturated heterocycles. The van der Waals surface area contributed by atoms with E-state index in [1.807, 2.05) is 0 Å². The number of carbonyl (C=O) groups is 1. The van der Waals surface area contributed by atoms with Gasteiger partial charge >= 0.3 is 5.97 Å².